The van der Waals surface area contributed by atoms with E-state index in [2.05, 4.69) is 29.1 Å². The van der Waals surface area contributed by atoms with E-state index < -0.39 is 17.5 Å². The number of aromatic nitrogens is 4. The molecule has 32 heavy (non-hydrogen) atoms. The summed E-state index contributed by atoms with van der Waals surface area (Å²) in [6.07, 6.45) is 2.29. The molecule has 4 rings (SSSR count). The third-order valence-electron chi connectivity index (χ3n) is 5.29. The van der Waals surface area contributed by atoms with E-state index in [9.17, 15) is 9.59 Å². The molecule has 1 unspecified atom stereocenters. The summed E-state index contributed by atoms with van der Waals surface area (Å²) >= 11 is 0. The predicted molar refractivity (Wildman–Crippen MR) is 125 cm³/mol. The van der Waals surface area contributed by atoms with Crippen molar-refractivity contribution in [1.82, 2.24) is 25.1 Å². The maximum Gasteiger partial charge on any atom is 0.260 e. The Hall–Kier alpha value is -3.74. The number of nitrogens with one attached hydrogen (secondary N) is 2. The van der Waals surface area contributed by atoms with E-state index in [4.69, 9.17) is 5.10 Å². The Balaban J connectivity index is 1.76. The van der Waals surface area contributed by atoms with Gasteiger partial charge in [-0.05, 0) is 49.1 Å². The van der Waals surface area contributed by atoms with E-state index in [1.807, 2.05) is 47.1 Å². The van der Waals surface area contributed by atoms with Crippen molar-refractivity contribution in [2.45, 2.75) is 39.8 Å². The Kier molecular flexibility index (Phi) is 6.16. The number of aromatic amines is 1. The van der Waals surface area contributed by atoms with E-state index in [1.165, 1.54) is 0 Å². The quantitative estimate of drug-likeness (QED) is 0.467. The highest BCUT2D eigenvalue weighted by Crippen LogP contribution is 2.26. The van der Waals surface area contributed by atoms with Crippen molar-refractivity contribution in [3.8, 4) is 0 Å². The molecule has 0 radical (unpaired) electrons. The maximum absolute atomic E-state index is 13.1. The molecule has 0 spiro atoms. The molecular formula is C25H27N5O2. The van der Waals surface area contributed by atoms with Gasteiger partial charge in [-0.3, -0.25) is 9.59 Å². The van der Waals surface area contributed by atoms with Gasteiger partial charge < -0.3 is 10.3 Å². The van der Waals surface area contributed by atoms with Crippen LogP contribution >= 0.6 is 0 Å². The van der Waals surface area contributed by atoms with Gasteiger partial charge in [0.2, 0.25) is 0 Å². The smallest absolute Gasteiger partial charge is 0.260 e. The highest BCUT2D eigenvalue weighted by Gasteiger charge is 2.24. The summed E-state index contributed by atoms with van der Waals surface area (Å²) in [5.74, 6) is -0.0381. The molecule has 1 atom stereocenters. The molecule has 0 saturated heterocycles. The monoisotopic (exact) mass is 429 g/mol. The van der Waals surface area contributed by atoms with E-state index in [1.54, 1.807) is 25.3 Å². The minimum atomic E-state index is -0.428. The summed E-state index contributed by atoms with van der Waals surface area (Å²) in [5, 5.41) is 8.81. The fourth-order valence-corrected chi connectivity index (χ4v) is 3.82. The number of aryl methyl sites for hydroxylation is 1. The zero-order valence-corrected chi connectivity index (χ0v) is 18.5. The van der Waals surface area contributed by atoms with Gasteiger partial charge in [0.25, 0.3) is 11.5 Å². The number of H-pyrrole nitrogens is 1. The van der Waals surface area contributed by atoms with Crippen molar-refractivity contribution in [2.24, 2.45) is 5.92 Å². The molecule has 7 nitrogen and oxygen atoms in total. The number of nitrogens with zero attached hydrogens (tertiary/aromatic N) is 3. The van der Waals surface area contributed by atoms with Gasteiger partial charge in [0.05, 0.1) is 11.7 Å². The van der Waals surface area contributed by atoms with Gasteiger partial charge in [-0.15, -0.1) is 0 Å². The largest absolute Gasteiger partial charge is 0.343 e. The van der Waals surface area contributed by atoms with Crippen LogP contribution in [0.25, 0.3) is 11.0 Å². The van der Waals surface area contributed by atoms with Crippen LogP contribution in [0.3, 0.4) is 0 Å². The fourth-order valence-electron chi connectivity index (χ4n) is 3.82. The molecule has 0 aliphatic carbocycles. The van der Waals surface area contributed by atoms with Gasteiger partial charge in [0.15, 0.2) is 5.65 Å². The summed E-state index contributed by atoms with van der Waals surface area (Å²) in [6.45, 7) is 6.75. The van der Waals surface area contributed by atoms with Crippen LogP contribution in [-0.4, -0.2) is 25.7 Å². The van der Waals surface area contributed by atoms with Crippen LogP contribution in [0.4, 0.5) is 0 Å². The number of carbonyl (C=O) groups excluding carboxylic acids is 1. The van der Waals surface area contributed by atoms with Gasteiger partial charge in [0, 0.05) is 23.8 Å². The second-order valence-electron chi connectivity index (χ2n) is 8.44. The molecule has 3 heterocycles. The molecule has 1 aromatic carbocycles. The highest BCUT2D eigenvalue weighted by molar-refractivity contribution is 5.94. The molecular weight excluding hydrogens is 402 g/mol. The molecule has 164 valence electrons. The SMILES string of the molecule is Cc1ccc(C(=O)NC(Cc2ccccc2)c2nn(CC(C)C)c3ncccc23)c(=O)[nH]1. The number of hydrogen-bond acceptors (Lipinski definition) is 4. The van der Waals surface area contributed by atoms with E-state index in [0.29, 0.717) is 18.0 Å². The molecule has 4 aromatic rings. The van der Waals surface area contributed by atoms with Crippen molar-refractivity contribution in [1.29, 1.82) is 0 Å². The predicted octanol–water partition coefficient (Wildman–Crippen LogP) is 3.80. The van der Waals surface area contributed by atoms with E-state index >= 15 is 0 Å². The van der Waals surface area contributed by atoms with Crippen LogP contribution in [0.5, 0.6) is 0 Å². The van der Waals surface area contributed by atoms with E-state index in [-0.39, 0.29) is 5.56 Å². The zero-order valence-electron chi connectivity index (χ0n) is 18.5. The van der Waals surface area contributed by atoms with Crippen molar-refractivity contribution < 1.29 is 4.79 Å². The summed E-state index contributed by atoms with van der Waals surface area (Å²) in [5.41, 5.74) is 2.98. The molecule has 7 heteroatoms. The first-order valence-electron chi connectivity index (χ1n) is 10.8. The summed E-state index contributed by atoms with van der Waals surface area (Å²) in [4.78, 5) is 32.7. The Morgan fingerprint density at radius 2 is 1.88 bits per heavy atom. The molecule has 0 aliphatic heterocycles. The van der Waals surface area contributed by atoms with Gasteiger partial charge >= 0.3 is 0 Å². The van der Waals surface area contributed by atoms with Gasteiger partial charge in [-0.1, -0.05) is 44.2 Å². The van der Waals surface area contributed by atoms with Crippen LogP contribution in [0, 0.1) is 12.8 Å². The fraction of sp³-hybridized carbons (Fsp3) is 0.280. The molecule has 1 amide bonds. The lowest BCUT2D eigenvalue weighted by Gasteiger charge is -2.18. The lowest BCUT2D eigenvalue weighted by Crippen LogP contribution is -2.34. The van der Waals surface area contributed by atoms with Crippen LogP contribution in [-0.2, 0) is 13.0 Å². The topological polar surface area (TPSA) is 92.7 Å². The minimum Gasteiger partial charge on any atom is -0.343 e. The number of amides is 1. The average molecular weight is 430 g/mol. The average Bonchev–Trinajstić information content (AvgIpc) is 3.12. The van der Waals surface area contributed by atoms with Crippen molar-refractivity contribution in [3.63, 3.8) is 0 Å². The van der Waals surface area contributed by atoms with Gasteiger partial charge in [-0.2, -0.15) is 5.10 Å². The third kappa shape index (κ3) is 4.61. The number of pyridine rings is 2. The lowest BCUT2D eigenvalue weighted by molar-refractivity contribution is 0.0934. The van der Waals surface area contributed by atoms with Crippen LogP contribution in [0.2, 0.25) is 0 Å². The Bertz CT molecular complexity index is 1290. The van der Waals surface area contributed by atoms with Gasteiger partial charge in [0.1, 0.15) is 5.56 Å². The molecule has 0 fully saturated rings. The first-order valence-corrected chi connectivity index (χ1v) is 10.8. The Morgan fingerprint density at radius 1 is 1.09 bits per heavy atom. The van der Waals surface area contributed by atoms with Crippen molar-refractivity contribution >= 4 is 16.9 Å². The van der Waals surface area contributed by atoms with Crippen molar-refractivity contribution in [3.05, 3.63) is 93.7 Å². The van der Waals surface area contributed by atoms with Gasteiger partial charge in [-0.25, -0.2) is 9.67 Å². The van der Waals surface area contributed by atoms with Crippen LogP contribution in [0.1, 0.15) is 47.2 Å². The van der Waals surface area contributed by atoms with Crippen LogP contribution in [0.15, 0.2) is 65.6 Å². The second kappa shape index (κ2) is 9.18. The first-order chi connectivity index (χ1) is 15.4. The number of hydrogen-bond donors (Lipinski definition) is 2. The summed E-state index contributed by atoms with van der Waals surface area (Å²) < 4.78 is 1.90. The first kappa shape index (κ1) is 21.5. The van der Waals surface area contributed by atoms with Crippen LogP contribution < -0.4 is 10.9 Å². The normalized spacial score (nSPS) is 12.2. The van der Waals surface area contributed by atoms with E-state index in [0.717, 1.165) is 28.8 Å². The minimum absolute atomic E-state index is 0.0812. The molecule has 3 aromatic heterocycles. The molecule has 2 N–H and O–H groups in total. The summed E-state index contributed by atoms with van der Waals surface area (Å²) in [7, 11) is 0. The number of carbonyl (C=O) groups is 1. The third-order valence-corrected chi connectivity index (χ3v) is 5.29. The zero-order chi connectivity index (χ0) is 22.7. The maximum atomic E-state index is 13.1. The molecule has 0 saturated carbocycles. The second-order valence-corrected chi connectivity index (χ2v) is 8.44. The number of benzene rings is 1. The Morgan fingerprint density at radius 3 is 2.59 bits per heavy atom. The lowest BCUT2D eigenvalue weighted by atomic mass is 10.0. The number of rotatable bonds is 7. The molecule has 0 bridgehead atoms. The number of fused-ring (bicyclic) bond motifs is 1. The van der Waals surface area contributed by atoms with Crippen molar-refractivity contribution in [2.75, 3.05) is 0 Å². The summed E-state index contributed by atoms with van der Waals surface area (Å²) in [6, 6.07) is 16.6. The molecule has 0 aliphatic rings. The standard InChI is InChI=1S/C25H27N5O2/c1-16(2)15-30-23-19(10-7-13-26-23)22(29-30)21(14-18-8-5-4-6-9-18)28-25(32)20-12-11-17(3)27-24(20)31/h4-13,16,21H,14-15H2,1-3H3,(H,27,31)(H,28,32). The Labute approximate surface area is 186 Å². The highest BCUT2D eigenvalue weighted by atomic mass is 16.2.